The van der Waals surface area contributed by atoms with Gasteiger partial charge in [0.25, 0.3) is 0 Å². The number of rotatable bonds is 2. The van der Waals surface area contributed by atoms with E-state index in [4.69, 9.17) is 10.1 Å². The maximum Gasteiger partial charge on any atom is 0.167 e. The molecule has 0 atom stereocenters. The second-order valence-electron chi connectivity index (χ2n) is 5.09. The summed E-state index contributed by atoms with van der Waals surface area (Å²) in [6, 6.07) is 0. The first kappa shape index (κ1) is 10.6. The van der Waals surface area contributed by atoms with Crippen molar-refractivity contribution in [2.45, 2.75) is 52.6 Å². The first-order valence-corrected chi connectivity index (χ1v) is 5.18. The van der Waals surface area contributed by atoms with Crippen LogP contribution in [-0.4, -0.2) is 12.5 Å². The van der Waals surface area contributed by atoms with Crippen LogP contribution in [0, 0.1) is 16.7 Å². The molecule has 0 bridgehead atoms. The van der Waals surface area contributed by atoms with Crippen LogP contribution in [0.1, 0.15) is 46.5 Å². The molecule has 1 rings (SSSR count). The second-order valence-corrected chi connectivity index (χ2v) is 5.09. The Labute approximate surface area is 81.2 Å². The smallest absolute Gasteiger partial charge is 0.167 e. The normalized spacial score (nSPS) is 29.8. The molecule has 0 saturated heterocycles. The topological polar surface area (TPSA) is 33.1 Å². The highest BCUT2D eigenvalue weighted by Gasteiger charge is 2.29. The predicted molar refractivity (Wildman–Crippen MR) is 55.1 cm³/mol. The summed E-state index contributed by atoms with van der Waals surface area (Å²) < 4.78 is 5.19. The Balaban J connectivity index is 2.34. The summed E-state index contributed by atoms with van der Waals surface area (Å²) in [7, 11) is 0. The van der Waals surface area contributed by atoms with Crippen LogP contribution in [0.15, 0.2) is 0 Å². The number of nitrogens with one attached hydrogen (secondary N) is 1. The molecule has 0 heterocycles. The monoisotopic (exact) mass is 183 g/mol. The first-order chi connectivity index (χ1) is 6.04. The van der Waals surface area contributed by atoms with Crippen molar-refractivity contribution in [1.29, 1.82) is 5.41 Å². The Kier molecular flexibility index (Phi) is 3.34. The standard InChI is InChI=1S/C11H21NO/c1-11(2,3)9-4-6-10(7-5-9)13-8-12/h8-10,12H,4-7H2,1-3H3. The third kappa shape index (κ3) is 3.02. The molecule has 1 saturated carbocycles. The molecule has 0 aliphatic heterocycles. The average Bonchev–Trinajstić information content (AvgIpc) is 2.04. The van der Waals surface area contributed by atoms with Crippen LogP contribution in [0.2, 0.25) is 0 Å². The first-order valence-electron chi connectivity index (χ1n) is 5.18. The molecule has 0 aromatic rings. The zero-order valence-corrected chi connectivity index (χ0v) is 8.97. The SMILES string of the molecule is CC(C)(C)C1CCC(OC=N)CC1. The van der Waals surface area contributed by atoms with E-state index in [-0.39, 0.29) is 0 Å². The van der Waals surface area contributed by atoms with Crippen molar-refractivity contribution in [3.05, 3.63) is 0 Å². The third-order valence-electron chi connectivity index (χ3n) is 3.16. The lowest BCUT2D eigenvalue weighted by molar-refractivity contribution is 0.0850. The molecule has 1 aliphatic carbocycles. The highest BCUT2D eigenvalue weighted by molar-refractivity contribution is 5.41. The lowest BCUT2D eigenvalue weighted by Crippen LogP contribution is -2.28. The summed E-state index contributed by atoms with van der Waals surface area (Å²) in [5.74, 6) is 0.832. The van der Waals surface area contributed by atoms with Gasteiger partial charge in [0.1, 0.15) is 0 Å². The average molecular weight is 183 g/mol. The van der Waals surface area contributed by atoms with Crippen LogP contribution in [0.3, 0.4) is 0 Å². The van der Waals surface area contributed by atoms with E-state index in [2.05, 4.69) is 20.8 Å². The minimum Gasteiger partial charge on any atom is -0.481 e. The van der Waals surface area contributed by atoms with Crippen molar-refractivity contribution in [3.8, 4) is 0 Å². The van der Waals surface area contributed by atoms with Crippen molar-refractivity contribution in [2.75, 3.05) is 0 Å². The molecule has 2 nitrogen and oxygen atoms in total. The van der Waals surface area contributed by atoms with Gasteiger partial charge in [-0.1, -0.05) is 20.8 Å². The van der Waals surface area contributed by atoms with E-state index in [9.17, 15) is 0 Å². The van der Waals surface area contributed by atoms with Gasteiger partial charge in [0.2, 0.25) is 0 Å². The molecule has 0 radical (unpaired) electrons. The highest BCUT2D eigenvalue weighted by atomic mass is 16.5. The summed E-state index contributed by atoms with van der Waals surface area (Å²) in [5.41, 5.74) is 0.440. The van der Waals surface area contributed by atoms with Gasteiger partial charge in [0, 0.05) is 0 Å². The van der Waals surface area contributed by atoms with Gasteiger partial charge >= 0.3 is 0 Å². The fourth-order valence-electron chi connectivity index (χ4n) is 2.16. The Bertz CT molecular complexity index is 163. The fourth-order valence-corrected chi connectivity index (χ4v) is 2.16. The van der Waals surface area contributed by atoms with Crippen LogP contribution in [0.4, 0.5) is 0 Å². The molecule has 1 fully saturated rings. The van der Waals surface area contributed by atoms with Gasteiger partial charge in [0.05, 0.1) is 6.10 Å². The lowest BCUT2D eigenvalue weighted by atomic mass is 9.72. The minimum atomic E-state index is 0.316. The van der Waals surface area contributed by atoms with Gasteiger partial charge in [-0.15, -0.1) is 0 Å². The molecule has 1 N–H and O–H groups in total. The van der Waals surface area contributed by atoms with E-state index in [0.29, 0.717) is 11.5 Å². The maximum atomic E-state index is 6.86. The quantitative estimate of drug-likeness (QED) is 0.517. The van der Waals surface area contributed by atoms with Crippen molar-refractivity contribution in [2.24, 2.45) is 11.3 Å². The van der Waals surface area contributed by atoms with Crippen molar-refractivity contribution in [1.82, 2.24) is 0 Å². The van der Waals surface area contributed by atoms with Gasteiger partial charge in [-0.3, -0.25) is 5.41 Å². The molecule has 76 valence electrons. The predicted octanol–water partition coefficient (Wildman–Crippen LogP) is 3.21. The van der Waals surface area contributed by atoms with Crippen LogP contribution < -0.4 is 0 Å². The number of hydrogen-bond donors (Lipinski definition) is 1. The van der Waals surface area contributed by atoms with Gasteiger partial charge in [0.15, 0.2) is 6.40 Å². The molecule has 0 aromatic carbocycles. The minimum absolute atomic E-state index is 0.316. The zero-order valence-electron chi connectivity index (χ0n) is 8.97. The molecular weight excluding hydrogens is 162 g/mol. The summed E-state index contributed by atoms with van der Waals surface area (Å²) in [6.07, 6.45) is 6.15. The van der Waals surface area contributed by atoms with Crippen molar-refractivity contribution in [3.63, 3.8) is 0 Å². The maximum absolute atomic E-state index is 6.86. The summed E-state index contributed by atoms with van der Waals surface area (Å²) in [6.45, 7) is 6.94. The van der Waals surface area contributed by atoms with Crippen molar-refractivity contribution < 1.29 is 4.74 Å². The van der Waals surface area contributed by atoms with Gasteiger partial charge in [-0.05, 0) is 37.0 Å². The fraction of sp³-hybridized carbons (Fsp3) is 0.909. The Morgan fingerprint density at radius 1 is 1.15 bits per heavy atom. The van der Waals surface area contributed by atoms with E-state index in [1.54, 1.807) is 0 Å². The van der Waals surface area contributed by atoms with E-state index >= 15 is 0 Å². The molecule has 0 spiro atoms. The van der Waals surface area contributed by atoms with Crippen LogP contribution >= 0.6 is 0 Å². The lowest BCUT2D eigenvalue weighted by Gasteiger charge is -2.36. The summed E-state index contributed by atoms with van der Waals surface area (Å²) in [4.78, 5) is 0. The number of ether oxygens (including phenoxy) is 1. The molecule has 0 unspecified atom stereocenters. The summed E-state index contributed by atoms with van der Waals surface area (Å²) >= 11 is 0. The van der Waals surface area contributed by atoms with Gasteiger partial charge in [-0.2, -0.15) is 0 Å². The van der Waals surface area contributed by atoms with Gasteiger partial charge in [-0.25, -0.2) is 0 Å². The van der Waals surface area contributed by atoms with Crippen LogP contribution in [0.5, 0.6) is 0 Å². The van der Waals surface area contributed by atoms with Crippen LogP contribution in [0.25, 0.3) is 0 Å². The molecule has 2 heteroatoms. The Morgan fingerprint density at radius 3 is 2.08 bits per heavy atom. The molecule has 0 aromatic heterocycles. The van der Waals surface area contributed by atoms with Crippen LogP contribution in [-0.2, 0) is 4.74 Å². The second kappa shape index (κ2) is 4.12. The Hall–Kier alpha value is -0.530. The number of hydrogen-bond acceptors (Lipinski definition) is 2. The zero-order chi connectivity index (χ0) is 9.90. The molecule has 0 amide bonds. The Morgan fingerprint density at radius 2 is 1.69 bits per heavy atom. The van der Waals surface area contributed by atoms with E-state index in [1.165, 1.54) is 12.8 Å². The largest absolute Gasteiger partial charge is 0.481 e. The van der Waals surface area contributed by atoms with Crippen molar-refractivity contribution >= 4 is 6.40 Å². The third-order valence-corrected chi connectivity index (χ3v) is 3.16. The molecular formula is C11H21NO. The molecule has 13 heavy (non-hydrogen) atoms. The van der Waals surface area contributed by atoms with E-state index in [1.807, 2.05) is 0 Å². The van der Waals surface area contributed by atoms with E-state index in [0.717, 1.165) is 25.2 Å². The summed E-state index contributed by atoms with van der Waals surface area (Å²) in [5, 5.41) is 6.86. The highest BCUT2D eigenvalue weighted by Crippen LogP contribution is 2.38. The van der Waals surface area contributed by atoms with E-state index < -0.39 is 0 Å². The van der Waals surface area contributed by atoms with Gasteiger partial charge < -0.3 is 4.74 Å². The molecule has 1 aliphatic rings.